The summed E-state index contributed by atoms with van der Waals surface area (Å²) in [6, 6.07) is 5.15. The zero-order chi connectivity index (χ0) is 19.7. The van der Waals surface area contributed by atoms with E-state index in [2.05, 4.69) is 20.6 Å². The van der Waals surface area contributed by atoms with Crippen LogP contribution in [0.5, 0.6) is 0 Å². The summed E-state index contributed by atoms with van der Waals surface area (Å²) in [5.41, 5.74) is 0.307. The first-order chi connectivity index (χ1) is 13.5. The van der Waals surface area contributed by atoms with Crippen LogP contribution in [-0.4, -0.2) is 37.0 Å². The summed E-state index contributed by atoms with van der Waals surface area (Å²) in [5.74, 6) is -0.564. The van der Waals surface area contributed by atoms with Crippen LogP contribution in [0.3, 0.4) is 0 Å². The number of hydrogen-bond donors (Lipinski definition) is 1. The maximum absolute atomic E-state index is 13.3. The standard InChI is InChI=1S/C18H17FN6O3/c19-12-3-4-14-13(7-12)18(28)25(23-22-14)6-5-20-16(26)9-24-10-21-15(8-17(24)27)11-1-2-11/h3-4,7-8,10-11H,1-2,5-6,9H2,(H,20,26). The molecule has 0 unspecified atom stereocenters. The van der Waals surface area contributed by atoms with E-state index in [1.807, 2.05) is 0 Å². The van der Waals surface area contributed by atoms with E-state index < -0.39 is 17.3 Å². The van der Waals surface area contributed by atoms with Crippen molar-refractivity contribution in [2.45, 2.75) is 31.8 Å². The number of carbonyl (C=O) groups excluding carboxylic acids is 1. The monoisotopic (exact) mass is 384 g/mol. The molecule has 0 radical (unpaired) electrons. The first-order valence-electron chi connectivity index (χ1n) is 8.87. The summed E-state index contributed by atoms with van der Waals surface area (Å²) >= 11 is 0. The quantitative estimate of drug-likeness (QED) is 0.649. The number of nitrogens with one attached hydrogen (secondary N) is 1. The highest BCUT2D eigenvalue weighted by Crippen LogP contribution is 2.38. The molecule has 4 rings (SSSR count). The summed E-state index contributed by atoms with van der Waals surface area (Å²) in [5, 5.41) is 10.4. The van der Waals surface area contributed by atoms with Gasteiger partial charge in [0.2, 0.25) is 5.91 Å². The van der Waals surface area contributed by atoms with Crippen molar-refractivity contribution in [2.75, 3.05) is 6.54 Å². The number of amides is 1. The number of rotatable bonds is 6. The maximum atomic E-state index is 13.3. The van der Waals surface area contributed by atoms with Crippen LogP contribution in [0.15, 0.2) is 40.2 Å². The molecule has 1 N–H and O–H groups in total. The fourth-order valence-electron chi connectivity index (χ4n) is 2.87. The maximum Gasteiger partial charge on any atom is 0.277 e. The van der Waals surface area contributed by atoms with Gasteiger partial charge in [0.1, 0.15) is 17.9 Å². The molecule has 1 amide bonds. The van der Waals surface area contributed by atoms with E-state index in [9.17, 15) is 18.8 Å². The van der Waals surface area contributed by atoms with E-state index in [1.54, 1.807) is 0 Å². The zero-order valence-corrected chi connectivity index (χ0v) is 14.8. The van der Waals surface area contributed by atoms with Crippen LogP contribution in [0.1, 0.15) is 24.5 Å². The molecule has 0 bridgehead atoms. The molecule has 1 fully saturated rings. The van der Waals surface area contributed by atoms with Gasteiger partial charge in [0, 0.05) is 18.5 Å². The summed E-state index contributed by atoms with van der Waals surface area (Å²) < 4.78 is 15.6. The fraction of sp³-hybridized carbons (Fsp3) is 0.333. The van der Waals surface area contributed by atoms with Crippen LogP contribution in [0.25, 0.3) is 10.9 Å². The number of hydrogen-bond acceptors (Lipinski definition) is 6. The Morgan fingerprint density at radius 3 is 2.82 bits per heavy atom. The Morgan fingerprint density at radius 2 is 2.07 bits per heavy atom. The molecule has 0 aliphatic heterocycles. The van der Waals surface area contributed by atoms with Crippen molar-refractivity contribution in [1.82, 2.24) is 29.9 Å². The lowest BCUT2D eigenvalue weighted by atomic mass is 10.2. The second-order valence-electron chi connectivity index (χ2n) is 6.68. The van der Waals surface area contributed by atoms with Crippen molar-refractivity contribution >= 4 is 16.8 Å². The van der Waals surface area contributed by atoms with E-state index in [0.29, 0.717) is 11.4 Å². The smallest absolute Gasteiger partial charge is 0.277 e. The van der Waals surface area contributed by atoms with E-state index >= 15 is 0 Å². The first-order valence-corrected chi connectivity index (χ1v) is 8.87. The Morgan fingerprint density at radius 1 is 1.25 bits per heavy atom. The fourth-order valence-corrected chi connectivity index (χ4v) is 2.87. The van der Waals surface area contributed by atoms with Crippen LogP contribution >= 0.6 is 0 Å². The molecule has 0 atom stereocenters. The highest BCUT2D eigenvalue weighted by molar-refractivity contribution is 5.77. The summed E-state index contributed by atoms with van der Waals surface area (Å²) in [7, 11) is 0. The second kappa shape index (κ2) is 7.29. The molecule has 9 nitrogen and oxygen atoms in total. The molecule has 144 valence electrons. The van der Waals surface area contributed by atoms with Gasteiger partial charge in [-0.1, -0.05) is 5.21 Å². The molecule has 28 heavy (non-hydrogen) atoms. The third kappa shape index (κ3) is 3.80. The number of fused-ring (bicyclic) bond motifs is 1. The number of aromatic nitrogens is 5. The normalized spacial score (nSPS) is 13.6. The first kappa shape index (κ1) is 18.0. The minimum Gasteiger partial charge on any atom is -0.353 e. The molecule has 1 saturated carbocycles. The predicted octanol–water partition coefficient (Wildman–Crippen LogP) is 0.181. The van der Waals surface area contributed by atoms with Gasteiger partial charge in [-0.2, -0.15) is 0 Å². The van der Waals surface area contributed by atoms with Gasteiger partial charge in [-0.25, -0.2) is 14.1 Å². The Hall–Kier alpha value is -3.43. The van der Waals surface area contributed by atoms with E-state index in [1.165, 1.54) is 29.1 Å². The Labute approximate surface area is 157 Å². The van der Waals surface area contributed by atoms with Gasteiger partial charge >= 0.3 is 0 Å². The third-order valence-electron chi connectivity index (χ3n) is 4.54. The second-order valence-corrected chi connectivity index (χ2v) is 6.68. The minimum absolute atomic E-state index is 0.0673. The molecule has 10 heteroatoms. The number of nitrogens with zero attached hydrogens (tertiary/aromatic N) is 5. The van der Waals surface area contributed by atoms with Gasteiger partial charge in [-0.05, 0) is 31.0 Å². The molecular formula is C18H17FN6O3. The summed E-state index contributed by atoms with van der Waals surface area (Å²) in [4.78, 5) is 40.6. The highest BCUT2D eigenvalue weighted by atomic mass is 19.1. The predicted molar refractivity (Wildman–Crippen MR) is 97.2 cm³/mol. The Bertz CT molecular complexity index is 1170. The van der Waals surface area contributed by atoms with Crippen LogP contribution in [0, 0.1) is 5.82 Å². The topological polar surface area (TPSA) is 112 Å². The van der Waals surface area contributed by atoms with Crippen LogP contribution in [-0.2, 0) is 17.9 Å². The summed E-state index contributed by atoms with van der Waals surface area (Å²) in [6.07, 6.45) is 3.46. The van der Waals surface area contributed by atoms with Crippen molar-refractivity contribution in [3.05, 3.63) is 62.8 Å². The van der Waals surface area contributed by atoms with Crippen molar-refractivity contribution < 1.29 is 9.18 Å². The van der Waals surface area contributed by atoms with Crippen molar-refractivity contribution in [3.8, 4) is 0 Å². The molecule has 1 aliphatic carbocycles. The van der Waals surface area contributed by atoms with Crippen molar-refractivity contribution in [3.63, 3.8) is 0 Å². The molecular weight excluding hydrogens is 367 g/mol. The number of carbonyl (C=O) groups is 1. The SMILES string of the molecule is O=C(Cn1cnc(C2CC2)cc1=O)NCCn1nnc2ccc(F)cc2c1=O. The Balaban J connectivity index is 1.37. The minimum atomic E-state index is -0.538. The molecule has 0 saturated heterocycles. The largest absolute Gasteiger partial charge is 0.353 e. The number of benzene rings is 1. The van der Waals surface area contributed by atoms with Crippen LogP contribution < -0.4 is 16.4 Å². The van der Waals surface area contributed by atoms with Crippen LogP contribution in [0.4, 0.5) is 4.39 Å². The lowest BCUT2D eigenvalue weighted by Crippen LogP contribution is -2.36. The average molecular weight is 384 g/mol. The highest BCUT2D eigenvalue weighted by Gasteiger charge is 2.25. The van der Waals surface area contributed by atoms with Crippen molar-refractivity contribution in [1.29, 1.82) is 0 Å². The van der Waals surface area contributed by atoms with Gasteiger partial charge < -0.3 is 5.32 Å². The van der Waals surface area contributed by atoms with E-state index in [0.717, 1.165) is 29.3 Å². The molecule has 3 aromatic rings. The van der Waals surface area contributed by atoms with Gasteiger partial charge in [0.15, 0.2) is 0 Å². The lowest BCUT2D eigenvalue weighted by molar-refractivity contribution is -0.121. The Kier molecular flexibility index (Phi) is 4.68. The van der Waals surface area contributed by atoms with Gasteiger partial charge in [-0.15, -0.1) is 5.10 Å². The lowest BCUT2D eigenvalue weighted by Gasteiger charge is -2.08. The van der Waals surface area contributed by atoms with E-state index in [4.69, 9.17) is 0 Å². The third-order valence-corrected chi connectivity index (χ3v) is 4.54. The molecule has 1 aliphatic rings. The average Bonchev–Trinajstić information content (AvgIpc) is 3.51. The van der Waals surface area contributed by atoms with Crippen LogP contribution in [0.2, 0.25) is 0 Å². The molecule has 2 aromatic heterocycles. The number of halogens is 1. The molecule has 2 heterocycles. The zero-order valence-electron chi connectivity index (χ0n) is 14.8. The van der Waals surface area contributed by atoms with E-state index in [-0.39, 0.29) is 30.6 Å². The molecule has 1 aromatic carbocycles. The van der Waals surface area contributed by atoms with Crippen molar-refractivity contribution in [2.24, 2.45) is 0 Å². The summed E-state index contributed by atoms with van der Waals surface area (Å²) in [6.45, 7) is 0.00859. The molecule has 0 spiro atoms. The van der Waals surface area contributed by atoms with Gasteiger partial charge in [0.05, 0.1) is 24.0 Å². The van der Waals surface area contributed by atoms with Gasteiger partial charge in [-0.3, -0.25) is 19.0 Å². The van der Waals surface area contributed by atoms with Gasteiger partial charge in [0.25, 0.3) is 11.1 Å².